The summed E-state index contributed by atoms with van der Waals surface area (Å²) in [7, 11) is 3.16. The Bertz CT molecular complexity index is 638. The Morgan fingerprint density at radius 2 is 2.05 bits per heavy atom. The Morgan fingerprint density at radius 1 is 1.36 bits per heavy atom. The Hall–Kier alpha value is -1.96. The van der Waals surface area contributed by atoms with Crippen LogP contribution >= 0.6 is 15.9 Å². The molecule has 22 heavy (non-hydrogen) atoms. The summed E-state index contributed by atoms with van der Waals surface area (Å²) in [6.45, 7) is 0. The molecular formula is C14H15BrFN3O3. The van der Waals surface area contributed by atoms with E-state index in [1.54, 1.807) is 11.9 Å². The number of halogens is 2. The molecule has 0 radical (unpaired) electrons. The topological polar surface area (TPSA) is 69.7 Å². The minimum Gasteiger partial charge on any atom is -0.361 e. The van der Waals surface area contributed by atoms with Gasteiger partial charge in [-0.3, -0.25) is 19.7 Å². The number of benzene rings is 1. The van der Waals surface area contributed by atoms with Crippen molar-refractivity contribution in [2.75, 3.05) is 23.9 Å². The van der Waals surface area contributed by atoms with Crippen LogP contribution in [0, 0.1) is 5.82 Å². The highest BCUT2D eigenvalue weighted by atomic mass is 79.9. The number of amides is 3. The maximum Gasteiger partial charge on any atom is 0.249 e. The lowest BCUT2D eigenvalue weighted by atomic mass is 10.0. The predicted molar refractivity (Wildman–Crippen MR) is 83.1 cm³/mol. The normalized spacial score (nSPS) is 17.9. The fourth-order valence-corrected chi connectivity index (χ4v) is 3.14. The van der Waals surface area contributed by atoms with Gasteiger partial charge in [0.2, 0.25) is 18.2 Å². The molecular weight excluding hydrogens is 357 g/mol. The largest absolute Gasteiger partial charge is 0.361 e. The van der Waals surface area contributed by atoms with Crippen molar-refractivity contribution in [3.8, 4) is 0 Å². The van der Waals surface area contributed by atoms with Crippen molar-refractivity contribution in [3.05, 3.63) is 22.4 Å². The Labute approximate surface area is 135 Å². The van der Waals surface area contributed by atoms with Crippen LogP contribution in [0.2, 0.25) is 0 Å². The van der Waals surface area contributed by atoms with Gasteiger partial charge in [0.15, 0.2) is 0 Å². The predicted octanol–water partition coefficient (Wildman–Crippen LogP) is 1.42. The van der Waals surface area contributed by atoms with Crippen molar-refractivity contribution >= 4 is 45.5 Å². The van der Waals surface area contributed by atoms with E-state index in [0.717, 1.165) is 0 Å². The van der Waals surface area contributed by atoms with Gasteiger partial charge >= 0.3 is 0 Å². The van der Waals surface area contributed by atoms with Crippen LogP contribution in [-0.2, 0) is 14.4 Å². The molecule has 1 aliphatic heterocycles. The Morgan fingerprint density at radius 3 is 2.64 bits per heavy atom. The van der Waals surface area contributed by atoms with Crippen molar-refractivity contribution in [1.82, 2.24) is 5.32 Å². The number of hydrogen-bond acceptors (Lipinski definition) is 4. The molecule has 1 saturated heterocycles. The molecule has 0 saturated carbocycles. The lowest BCUT2D eigenvalue weighted by molar-refractivity contribution is -0.134. The number of nitrogens with one attached hydrogen (secondary N) is 1. The van der Waals surface area contributed by atoms with E-state index in [1.165, 1.54) is 24.1 Å². The third-order valence-electron chi connectivity index (χ3n) is 3.58. The summed E-state index contributed by atoms with van der Waals surface area (Å²) in [6.07, 6.45) is 1.15. The summed E-state index contributed by atoms with van der Waals surface area (Å²) < 4.78 is 14.1. The van der Waals surface area contributed by atoms with Crippen LogP contribution in [-0.4, -0.2) is 38.4 Å². The molecule has 0 bridgehead atoms. The van der Waals surface area contributed by atoms with Gasteiger partial charge in [0.1, 0.15) is 11.9 Å². The fourth-order valence-electron chi connectivity index (χ4n) is 2.44. The van der Waals surface area contributed by atoms with Gasteiger partial charge in [-0.1, -0.05) is 0 Å². The van der Waals surface area contributed by atoms with E-state index in [0.29, 0.717) is 28.7 Å². The molecule has 1 N–H and O–H groups in total. The quantitative estimate of drug-likeness (QED) is 0.641. The van der Waals surface area contributed by atoms with Gasteiger partial charge in [0.05, 0.1) is 11.4 Å². The lowest BCUT2D eigenvalue weighted by Gasteiger charge is -2.33. The molecule has 1 aliphatic rings. The molecule has 1 fully saturated rings. The minimum absolute atomic E-state index is 0.218. The van der Waals surface area contributed by atoms with E-state index >= 15 is 0 Å². The molecule has 1 aromatic carbocycles. The van der Waals surface area contributed by atoms with Gasteiger partial charge in [0, 0.05) is 25.0 Å². The summed E-state index contributed by atoms with van der Waals surface area (Å²) in [5.41, 5.74) is 0.833. The average Bonchev–Trinajstić information content (AvgIpc) is 2.45. The number of likely N-dealkylation sites (N-methyl/N-ethyl adjacent to an activating group) is 1. The maximum absolute atomic E-state index is 13.7. The van der Waals surface area contributed by atoms with Crippen LogP contribution in [0.4, 0.5) is 15.8 Å². The maximum atomic E-state index is 13.7. The number of imide groups is 1. The van der Waals surface area contributed by atoms with Crippen molar-refractivity contribution in [3.63, 3.8) is 0 Å². The van der Waals surface area contributed by atoms with Crippen LogP contribution < -0.4 is 15.1 Å². The van der Waals surface area contributed by atoms with Crippen LogP contribution in [0.3, 0.4) is 0 Å². The van der Waals surface area contributed by atoms with E-state index < -0.39 is 17.8 Å². The number of hydrogen-bond donors (Lipinski definition) is 1. The second kappa shape index (κ2) is 6.43. The van der Waals surface area contributed by atoms with Crippen LogP contribution in [0.1, 0.15) is 12.8 Å². The standard InChI is InChI=1S/C14H15BrFN3O3/c1-18(7-20)13-9(15)5-8(16)6-11(13)19(2)10-3-4-12(21)17-14(10)22/h5-7,10H,3-4H2,1-2H3,(H,17,21,22). The minimum atomic E-state index is -0.606. The zero-order chi connectivity index (χ0) is 16.4. The van der Waals surface area contributed by atoms with Crippen LogP contribution in [0.15, 0.2) is 16.6 Å². The van der Waals surface area contributed by atoms with E-state index in [9.17, 15) is 18.8 Å². The third-order valence-corrected chi connectivity index (χ3v) is 4.18. The number of piperidine rings is 1. The second-order valence-corrected chi connectivity index (χ2v) is 5.90. The molecule has 6 nitrogen and oxygen atoms in total. The van der Waals surface area contributed by atoms with Gasteiger partial charge in [-0.05, 0) is 34.5 Å². The van der Waals surface area contributed by atoms with Gasteiger partial charge < -0.3 is 9.80 Å². The molecule has 1 atom stereocenters. The molecule has 1 aromatic rings. The third kappa shape index (κ3) is 3.11. The van der Waals surface area contributed by atoms with E-state index in [-0.39, 0.29) is 12.3 Å². The van der Waals surface area contributed by atoms with Gasteiger partial charge in [-0.25, -0.2) is 4.39 Å². The SMILES string of the molecule is CN(C=O)c1c(Br)cc(F)cc1N(C)C1CCC(=O)NC1=O. The van der Waals surface area contributed by atoms with E-state index in [4.69, 9.17) is 0 Å². The summed E-state index contributed by atoms with van der Waals surface area (Å²) in [5, 5.41) is 2.26. The zero-order valence-electron chi connectivity index (χ0n) is 12.1. The number of rotatable bonds is 4. The summed E-state index contributed by atoms with van der Waals surface area (Å²) in [5.74, 6) is -1.25. The molecule has 118 valence electrons. The zero-order valence-corrected chi connectivity index (χ0v) is 13.7. The first-order chi connectivity index (χ1) is 10.3. The number of carbonyl (C=O) groups excluding carboxylic acids is 3. The van der Waals surface area contributed by atoms with Gasteiger partial charge in [-0.2, -0.15) is 0 Å². The van der Waals surface area contributed by atoms with Crippen LogP contribution in [0.25, 0.3) is 0 Å². The molecule has 0 spiro atoms. The number of nitrogens with zero attached hydrogens (tertiary/aromatic N) is 2. The molecule has 1 heterocycles. The fraction of sp³-hybridized carbons (Fsp3) is 0.357. The van der Waals surface area contributed by atoms with Gasteiger partial charge in [-0.15, -0.1) is 0 Å². The monoisotopic (exact) mass is 371 g/mol. The number of carbonyl (C=O) groups is 3. The summed E-state index contributed by atoms with van der Waals surface area (Å²) in [4.78, 5) is 37.2. The first kappa shape index (κ1) is 16.4. The smallest absolute Gasteiger partial charge is 0.249 e. The van der Waals surface area contributed by atoms with Gasteiger partial charge in [0.25, 0.3) is 0 Å². The van der Waals surface area contributed by atoms with E-state index in [2.05, 4.69) is 21.2 Å². The van der Waals surface area contributed by atoms with Crippen molar-refractivity contribution in [1.29, 1.82) is 0 Å². The van der Waals surface area contributed by atoms with Crippen molar-refractivity contribution in [2.45, 2.75) is 18.9 Å². The highest BCUT2D eigenvalue weighted by Crippen LogP contribution is 2.37. The lowest BCUT2D eigenvalue weighted by Crippen LogP contribution is -2.51. The average molecular weight is 372 g/mol. The molecule has 3 amide bonds. The number of anilines is 2. The summed E-state index contributed by atoms with van der Waals surface area (Å²) in [6, 6.07) is 1.89. The molecule has 8 heteroatoms. The first-order valence-electron chi connectivity index (χ1n) is 6.59. The second-order valence-electron chi connectivity index (χ2n) is 5.05. The van der Waals surface area contributed by atoms with Crippen LogP contribution in [0.5, 0.6) is 0 Å². The Kier molecular flexibility index (Phi) is 4.80. The molecule has 0 aliphatic carbocycles. The van der Waals surface area contributed by atoms with Crippen molar-refractivity contribution in [2.24, 2.45) is 0 Å². The Balaban J connectivity index is 2.44. The van der Waals surface area contributed by atoms with Crippen molar-refractivity contribution < 1.29 is 18.8 Å². The van der Waals surface area contributed by atoms with E-state index in [1.807, 2.05) is 0 Å². The highest BCUT2D eigenvalue weighted by Gasteiger charge is 2.32. The first-order valence-corrected chi connectivity index (χ1v) is 7.38. The molecule has 1 unspecified atom stereocenters. The molecule has 0 aromatic heterocycles. The molecule has 2 rings (SSSR count). The highest BCUT2D eigenvalue weighted by molar-refractivity contribution is 9.10. The summed E-state index contributed by atoms with van der Waals surface area (Å²) >= 11 is 3.23.